The van der Waals surface area contributed by atoms with Gasteiger partial charge in [-0.15, -0.1) is 10.1 Å². The highest BCUT2D eigenvalue weighted by molar-refractivity contribution is 7.80. The molecule has 0 saturated heterocycles. The molecule has 1 heterocycles. The van der Waals surface area contributed by atoms with Gasteiger partial charge in [0.1, 0.15) is 26.6 Å². The summed E-state index contributed by atoms with van der Waals surface area (Å²) in [6.45, 7) is -0.293. The molecule has 3 aromatic carbocycles. The van der Waals surface area contributed by atoms with E-state index >= 15 is 0 Å². The van der Waals surface area contributed by atoms with Gasteiger partial charge in [0.2, 0.25) is 0 Å². The number of nitrogens with zero attached hydrogens (tertiary/aromatic N) is 1. The number of anilines is 2. The van der Waals surface area contributed by atoms with Crippen LogP contribution in [0.5, 0.6) is 17.2 Å². The largest absolute Gasteiger partial charge is 0.497 e. The Labute approximate surface area is 257 Å². The van der Waals surface area contributed by atoms with Crippen molar-refractivity contribution >= 4 is 62.2 Å². The summed E-state index contributed by atoms with van der Waals surface area (Å²) in [6.07, 6.45) is -0.182. The number of hydrogen-bond donors (Lipinski definition) is 2. The van der Waals surface area contributed by atoms with Crippen molar-refractivity contribution < 1.29 is 38.5 Å². The minimum Gasteiger partial charge on any atom is -0.497 e. The number of methoxy groups -OCH3 is 1. The number of rotatable bonds is 12. The average Bonchev–Trinajstić information content (AvgIpc) is 3.43. The first-order valence-electron chi connectivity index (χ1n) is 12.5. The van der Waals surface area contributed by atoms with E-state index in [1.807, 2.05) is 6.07 Å². The molecular weight excluding hydrogens is 619 g/mol. The lowest BCUT2D eigenvalue weighted by molar-refractivity contribution is -0.757. The standard InChI is InChI=1S/C28H23N3O9S3/c1-37-20-11-6-18(7-12-20)29-28(34)30-19-8-13-23(40-25(32)3-2-14-38-31(35)36)22(15-19)27(33)39-21-9-4-17(5-10-21)24-16-26(41)43-42-24/h4-13,15-16H,2-3,14H2,1H3,(H2,29,30,34). The number of benzene rings is 3. The molecular formula is C28H23N3O9S3. The van der Waals surface area contributed by atoms with Gasteiger partial charge in [-0.05, 0) is 84.8 Å². The lowest BCUT2D eigenvalue weighted by Gasteiger charge is -2.13. The zero-order chi connectivity index (χ0) is 30.8. The molecule has 0 saturated carbocycles. The van der Waals surface area contributed by atoms with Gasteiger partial charge >= 0.3 is 18.0 Å². The van der Waals surface area contributed by atoms with E-state index in [9.17, 15) is 24.5 Å². The first-order valence-corrected chi connectivity index (χ1v) is 15.0. The maximum absolute atomic E-state index is 13.2. The highest BCUT2D eigenvalue weighted by Crippen LogP contribution is 2.31. The molecule has 1 aromatic heterocycles. The van der Waals surface area contributed by atoms with Crippen LogP contribution in [0.2, 0.25) is 0 Å². The highest BCUT2D eigenvalue weighted by Gasteiger charge is 2.20. The molecule has 0 atom stereocenters. The summed E-state index contributed by atoms with van der Waals surface area (Å²) in [5, 5.41) is 14.6. The third kappa shape index (κ3) is 9.32. The maximum atomic E-state index is 13.2. The molecule has 0 bridgehead atoms. The van der Waals surface area contributed by atoms with Crippen molar-refractivity contribution in [1.82, 2.24) is 0 Å². The van der Waals surface area contributed by atoms with Crippen molar-refractivity contribution in [3.8, 4) is 27.7 Å². The van der Waals surface area contributed by atoms with Crippen LogP contribution in [0.25, 0.3) is 10.4 Å². The van der Waals surface area contributed by atoms with Gasteiger partial charge in [-0.2, -0.15) is 0 Å². The number of nitrogens with one attached hydrogen (secondary N) is 2. The molecule has 4 aromatic rings. The number of urea groups is 1. The van der Waals surface area contributed by atoms with Crippen LogP contribution in [-0.4, -0.2) is 36.8 Å². The van der Waals surface area contributed by atoms with Crippen LogP contribution in [0.1, 0.15) is 23.2 Å². The Bertz CT molecular complexity index is 1670. The van der Waals surface area contributed by atoms with Crippen LogP contribution >= 0.6 is 32.9 Å². The normalized spacial score (nSPS) is 10.3. The molecule has 0 radical (unpaired) electrons. The quantitative estimate of drug-likeness (QED) is 0.0315. The minimum absolute atomic E-state index is 0.0229. The van der Waals surface area contributed by atoms with Crippen LogP contribution in [0.3, 0.4) is 0 Å². The van der Waals surface area contributed by atoms with Gasteiger partial charge in [0.25, 0.3) is 5.09 Å². The van der Waals surface area contributed by atoms with Crippen molar-refractivity contribution in [3.05, 3.63) is 92.3 Å². The molecule has 15 heteroatoms. The lowest BCUT2D eigenvalue weighted by Crippen LogP contribution is -2.20. The second kappa shape index (κ2) is 14.9. The van der Waals surface area contributed by atoms with Crippen molar-refractivity contribution in [1.29, 1.82) is 0 Å². The van der Waals surface area contributed by atoms with E-state index in [4.69, 9.17) is 26.4 Å². The number of carbonyl (C=O) groups is 3. The molecule has 0 aliphatic heterocycles. The van der Waals surface area contributed by atoms with Crippen LogP contribution < -0.4 is 24.8 Å². The van der Waals surface area contributed by atoms with Gasteiger partial charge in [-0.1, -0.05) is 32.9 Å². The summed E-state index contributed by atoms with van der Waals surface area (Å²) < 4.78 is 16.8. The molecule has 4 rings (SSSR count). The van der Waals surface area contributed by atoms with Gasteiger partial charge in [-0.25, -0.2) is 9.59 Å². The number of carbonyl (C=O) groups excluding carboxylic acids is 3. The highest BCUT2D eigenvalue weighted by atomic mass is 32.9. The Morgan fingerprint density at radius 3 is 2.21 bits per heavy atom. The molecule has 0 aliphatic rings. The maximum Gasteiger partial charge on any atom is 0.347 e. The van der Waals surface area contributed by atoms with Crippen molar-refractivity contribution in [2.45, 2.75) is 12.8 Å². The number of ether oxygens (including phenoxy) is 3. The van der Waals surface area contributed by atoms with E-state index < -0.39 is 23.1 Å². The van der Waals surface area contributed by atoms with E-state index in [0.29, 0.717) is 11.4 Å². The third-order valence-electron chi connectivity index (χ3n) is 5.56. The lowest BCUT2D eigenvalue weighted by atomic mass is 10.1. The topological polar surface area (TPSA) is 155 Å². The van der Waals surface area contributed by atoms with E-state index in [1.54, 1.807) is 48.5 Å². The van der Waals surface area contributed by atoms with Gasteiger partial charge < -0.3 is 29.7 Å². The first-order chi connectivity index (χ1) is 20.7. The third-order valence-corrected chi connectivity index (χ3v) is 8.47. The summed E-state index contributed by atoms with van der Waals surface area (Å²) in [5.74, 6) is -0.866. The Balaban J connectivity index is 1.49. The fraction of sp³-hybridized carbons (Fsp3) is 0.143. The summed E-state index contributed by atoms with van der Waals surface area (Å²) in [6, 6.07) is 18.8. The molecule has 2 N–H and O–H groups in total. The molecule has 0 unspecified atom stereocenters. The number of esters is 2. The summed E-state index contributed by atoms with van der Waals surface area (Å²) in [4.78, 5) is 53.7. The SMILES string of the molecule is COc1ccc(NC(=O)Nc2ccc(OC(=O)CCCO[N+](=O)[O-])c(C(=O)Oc3ccc(-c4cc(=S)ss4)cc3)c2)cc1. The van der Waals surface area contributed by atoms with Crippen LogP contribution in [0.4, 0.5) is 16.2 Å². The smallest absolute Gasteiger partial charge is 0.347 e. The van der Waals surface area contributed by atoms with Gasteiger partial charge in [0.15, 0.2) is 0 Å². The number of hydrogen-bond acceptors (Lipinski definition) is 12. The molecule has 0 fully saturated rings. The van der Waals surface area contributed by atoms with E-state index in [-0.39, 0.29) is 42.2 Å². The minimum atomic E-state index is -0.958. The first kappa shape index (κ1) is 31.1. The second-order valence-electron chi connectivity index (χ2n) is 8.56. The summed E-state index contributed by atoms with van der Waals surface area (Å²) in [7, 11) is 4.55. The van der Waals surface area contributed by atoms with Gasteiger partial charge in [-0.3, -0.25) is 4.79 Å². The van der Waals surface area contributed by atoms with Crippen molar-refractivity contribution in [2.75, 3.05) is 24.4 Å². The predicted molar refractivity (Wildman–Crippen MR) is 163 cm³/mol. The Morgan fingerprint density at radius 2 is 1.56 bits per heavy atom. The zero-order valence-electron chi connectivity index (χ0n) is 22.4. The number of amides is 2. The van der Waals surface area contributed by atoms with Crippen LogP contribution in [0.15, 0.2) is 72.8 Å². The van der Waals surface area contributed by atoms with Crippen molar-refractivity contribution in [3.63, 3.8) is 0 Å². The molecule has 2 amide bonds. The van der Waals surface area contributed by atoms with Crippen LogP contribution in [-0.2, 0) is 9.63 Å². The predicted octanol–water partition coefficient (Wildman–Crippen LogP) is 6.97. The monoisotopic (exact) mass is 641 g/mol. The van der Waals surface area contributed by atoms with E-state index in [2.05, 4.69) is 15.5 Å². The fourth-order valence-corrected chi connectivity index (χ4v) is 5.98. The molecule has 43 heavy (non-hydrogen) atoms. The average molecular weight is 642 g/mol. The molecule has 0 spiro atoms. The van der Waals surface area contributed by atoms with Gasteiger partial charge in [0, 0.05) is 22.7 Å². The zero-order valence-corrected chi connectivity index (χ0v) is 24.8. The van der Waals surface area contributed by atoms with Crippen LogP contribution in [0, 0.1) is 13.9 Å². The summed E-state index contributed by atoms with van der Waals surface area (Å²) >= 11 is 5.19. The Morgan fingerprint density at radius 1 is 0.884 bits per heavy atom. The van der Waals surface area contributed by atoms with E-state index in [1.165, 1.54) is 46.0 Å². The fourth-order valence-electron chi connectivity index (χ4n) is 3.58. The van der Waals surface area contributed by atoms with Crippen molar-refractivity contribution in [2.24, 2.45) is 0 Å². The Kier molecular flexibility index (Phi) is 10.7. The molecule has 12 nitrogen and oxygen atoms in total. The van der Waals surface area contributed by atoms with Gasteiger partial charge in [0.05, 0.1) is 13.7 Å². The molecule has 0 aliphatic carbocycles. The molecule has 222 valence electrons. The Hall–Kier alpha value is -4.86. The van der Waals surface area contributed by atoms with E-state index in [0.717, 1.165) is 14.3 Å². The summed E-state index contributed by atoms with van der Waals surface area (Å²) in [5.41, 5.74) is 1.48. The second-order valence-corrected chi connectivity index (χ2v) is 11.5.